The number of nitro groups is 1. The molecule has 0 amide bonds. The quantitative estimate of drug-likeness (QED) is 0.600. The number of benzene rings is 1. The molecular weight excluding hydrogens is 230 g/mol. The van der Waals surface area contributed by atoms with Crippen LogP contribution >= 0.6 is 11.6 Å². The fourth-order valence-corrected chi connectivity index (χ4v) is 2.19. The van der Waals surface area contributed by atoms with E-state index in [1.807, 2.05) is 0 Å². The van der Waals surface area contributed by atoms with Gasteiger partial charge in [0.15, 0.2) is 5.75 Å². The van der Waals surface area contributed by atoms with Crippen LogP contribution in [-0.4, -0.2) is 11.0 Å². The number of nitrogens with zero attached hydrogens (tertiary/aromatic N) is 1. The number of hydrogen-bond donors (Lipinski definition) is 0. The van der Waals surface area contributed by atoms with E-state index in [0.29, 0.717) is 0 Å². The first kappa shape index (κ1) is 11.2. The van der Waals surface area contributed by atoms with Gasteiger partial charge in [-0.1, -0.05) is 17.7 Å². The van der Waals surface area contributed by atoms with Crippen molar-refractivity contribution < 1.29 is 9.66 Å². The van der Waals surface area contributed by atoms with Crippen LogP contribution in [0, 0.1) is 10.1 Å². The van der Waals surface area contributed by atoms with Gasteiger partial charge in [0.1, 0.15) is 5.02 Å². The summed E-state index contributed by atoms with van der Waals surface area (Å²) in [6.07, 6.45) is 4.27. The molecule has 0 atom stereocenters. The first-order valence-corrected chi connectivity index (χ1v) is 5.66. The Hall–Kier alpha value is -1.29. The van der Waals surface area contributed by atoms with E-state index in [-0.39, 0.29) is 22.6 Å². The van der Waals surface area contributed by atoms with Gasteiger partial charge in [-0.2, -0.15) is 0 Å². The Balaban J connectivity index is 2.25. The Morgan fingerprint density at radius 3 is 2.69 bits per heavy atom. The molecule has 86 valence electrons. The lowest BCUT2D eigenvalue weighted by atomic mass is 10.2. The Bertz CT molecular complexity index is 402. The van der Waals surface area contributed by atoms with Crippen LogP contribution < -0.4 is 4.74 Å². The third kappa shape index (κ3) is 2.27. The third-order valence-electron chi connectivity index (χ3n) is 2.73. The van der Waals surface area contributed by atoms with E-state index in [4.69, 9.17) is 16.3 Å². The highest BCUT2D eigenvalue weighted by Gasteiger charge is 2.24. The summed E-state index contributed by atoms with van der Waals surface area (Å²) >= 11 is 5.79. The summed E-state index contributed by atoms with van der Waals surface area (Å²) < 4.78 is 5.62. The molecule has 4 nitrogen and oxygen atoms in total. The molecule has 0 spiro atoms. The van der Waals surface area contributed by atoms with Crippen molar-refractivity contribution in [3.8, 4) is 5.75 Å². The van der Waals surface area contributed by atoms with Gasteiger partial charge in [0.2, 0.25) is 0 Å². The molecule has 5 heteroatoms. The minimum atomic E-state index is -0.493. The summed E-state index contributed by atoms with van der Waals surface area (Å²) in [7, 11) is 0. The Kier molecular flexibility index (Phi) is 3.29. The van der Waals surface area contributed by atoms with Crippen LogP contribution in [0.15, 0.2) is 18.2 Å². The Morgan fingerprint density at radius 1 is 1.38 bits per heavy atom. The zero-order valence-corrected chi connectivity index (χ0v) is 9.44. The largest absolute Gasteiger partial charge is 0.483 e. The normalized spacial score (nSPS) is 16.3. The molecule has 1 saturated carbocycles. The molecule has 0 bridgehead atoms. The van der Waals surface area contributed by atoms with Crippen LogP contribution in [0.5, 0.6) is 5.75 Å². The lowest BCUT2D eigenvalue weighted by Crippen LogP contribution is -2.12. The van der Waals surface area contributed by atoms with E-state index < -0.39 is 4.92 Å². The monoisotopic (exact) mass is 241 g/mol. The maximum atomic E-state index is 10.9. The molecule has 2 rings (SSSR count). The molecule has 0 N–H and O–H groups in total. The zero-order chi connectivity index (χ0) is 11.5. The second kappa shape index (κ2) is 4.70. The molecule has 0 saturated heterocycles. The fraction of sp³-hybridized carbons (Fsp3) is 0.455. The molecule has 1 aromatic rings. The average molecular weight is 242 g/mol. The van der Waals surface area contributed by atoms with Crippen LogP contribution in [0.3, 0.4) is 0 Å². The van der Waals surface area contributed by atoms with Crippen molar-refractivity contribution in [3.05, 3.63) is 33.3 Å². The summed E-state index contributed by atoms with van der Waals surface area (Å²) in [5.74, 6) is 0.282. The van der Waals surface area contributed by atoms with E-state index in [1.165, 1.54) is 6.07 Å². The second-order valence-corrected chi connectivity index (χ2v) is 4.28. The minimum Gasteiger partial charge on any atom is -0.483 e. The summed E-state index contributed by atoms with van der Waals surface area (Å²) in [6.45, 7) is 0. The fourth-order valence-electron chi connectivity index (χ4n) is 1.95. The number of para-hydroxylation sites is 1. The van der Waals surface area contributed by atoms with Crippen molar-refractivity contribution in [1.82, 2.24) is 0 Å². The lowest BCUT2D eigenvalue weighted by molar-refractivity contribution is -0.385. The second-order valence-electron chi connectivity index (χ2n) is 3.87. The number of nitro benzene ring substituents is 1. The maximum absolute atomic E-state index is 10.9. The number of hydrogen-bond acceptors (Lipinski definition) is 3. The van der Waals surface area contributed by atoms with Gasteiger partial charge in [-0.15, -0.1) is 0 Å². The van der Waals surface area contributed by atoms with E-state index in [1.54, 1.807) is 12.1 Å². The van der Waals surface area contributed by atoms with Crippen LogP contribution in [0.1, 0.15) is 25.7 Å². The van der Waals surface area contributed by atoms with Crippen molar-refractivity contribution in [2.75, 3.05) is 0 Å². The molecular formula is C11H12ClNO3. The Morgan fingerprint density at radius 2 is 2.06 bits per heavy atom. The zero-order valence-electron chi connectivity index (χ0n) is 8.69. The van der Waals surface area contributed by atoms with Gasteiger partial charge in [-0.3, -0.25) is 10.1 Å². The molecule has 0 aromatic heterocycles. The number of halogens is 1. The number of ether oxygens (including phenoxy) is 1. The van der Waals surface area contributed by atoms with E-state index >= 15 is 0 Å². The molecule has 1 fully saturated rings. The standard InChI is InChI=1S/C11H12ClNO3/c12-9-6-3-7-10(11(9)13(14)15)16-8-4-1-2-5-8/h3,6-8H,1-2,4-5H2. The molecule has 0 aliphatic heterocycles. The highest BCUT2D eigenvalue weighted by atomic mass is 35.5. The maximum Gasteiger partial charge on any atom is 0.329 e. The lowest BCUT2D eigenvalue weighted by Gasteiger charge is -2.13. The van der Waals surface area contributed by atoms with Crippen LogP contribution in [0.2, 0.25) is 5.02 Å². The van der Waals surface area contributed by atoms with E-state index in [0.717, 1.165) is 25.7 Å². The van der Waals surface area contributed by atoms with Gasteiger partial charge >= 0.3 is 5.69 Å². The summed E-state index contributed by atoms with van der Waals surface area (Å²) in [4.78, 5) is 10.4. The molecule has 1 aromatic carbocycles. The predicted octanol–water partition coefficient (Wildman–Crippen LogP) is 3.57. The highest BCUT2D eigenvalue weighted by molar-refractivity contribution is 6.32. The SMILES string of the molecule is O=[N+]([O-])c1c(Cl)cccc1OC1CCCC1. The summed E-state index contributed by atoms with van der Waals surface area (Å²) in [6, 6.07) is 4.77. The summed E-state index contributed by atoms with van der Waals surface area (Å²) in [5, 5.41) is 11.0. The van der Waals surface area contributed by atoms with Crippen LogP contribution in [0.25, 0.3) is 0 Å². The Labute approximate surface area is 98.3 Å². The van der Waals surface area contributed by atoms with Gasteiger partial charge in [0, 0.05) is 0 Å². The first-order chi connectivity index (χ1) is 7.68. The smallest absolute Gasteiger partial charge is 0.329 e. The molecule has 1 aliphatic rings. The van der Waals surface area contributed by atoms with Crippen molar-refractivity contribution >= 4 is 17.3 Å². The number of rotatable bonds is 3. The van der Waals surface area contributed by atoms with E-state index in [9.17, 15) is 10.1 Å². The van der Waals surface area contributed by atoms with Gasteiger partial charge < -0.3 is 4.74 Å². The molecule has 0 unspecified atom stereocenters. The van der Waals surface area contributed by atoms with Crippen molar-refractivity contribution in [2.24, 2.45) is 0 Å². The summed E-state index contributed by atoms with van der Waals surface area (Å²) in [5.41, 5.74) is -0.129. The topological polar surface area (TPSA) is 52.4 Å². The third-order valence-corrected chi connectivity index (χ3v) is 3.03. The van der Waals surface area contributed by atoms with Gasteiger partial charge in [-0.05, 0) is 37.8 Å². The van der Waals surface area contributed by atoms with Crippen LogP contribution in [0.4, 0.5) is 5.69 Å². The molecule has 16 heavy (non-hydrogen) atoms. The molecule has 0 radical (unpaired) electrons. The van der Waals surface area contributed by atoms with Crippen molar-refractivity contribution in [3.63, 3.8) is 0 Å². The predicted molar refractivity (Wildman–Crippen MR) is 61.0 cm³/mol. The first-order valence-electron chi connectivity index (χ1n) is 5.28. The van der Waals surface area contributed by atoms with Gasteiger partial charge in [0.25, 0.3) is 0 Å². The van der Waals surface area contributed by atoms with Crippen LogP contribution in [-0.2, 0) is 0 Å². The average Bonchev–Trinajstić information content (AvgIpc) is 2.70. The molecule has 0 heterocycles. The molecule has 1 aliphatic carbocycles. The highest BCUT2D eigenvalue weighted by Crippen LogP contribution is 2.36. The van der Waals surface area contributed by atoms with Crippen molar-refractivity contribution in [2.45, 2.75) is 31.8 Å². The van der Waals surface area contributed by atoms with Crippen molar-refractivity contribution in [1.29, 1.82) is 0 Å². The van der Waals surface area contributed by atoms with E-state index in [2.05, 4.69) is 0 Å². The minimum absolute atomic E-state index is 0.0946. The van der Waals surface area contributed by atoms with Gasteiger partial charge in [-0.25, -0.2) is 0 Å². The van der Waals surface area contributed by atoms with Gasteiger partial charge in [0.05, 0.1) is 11.0 Å².